The number of carbonyl (C=O) groups is 1. The summed E-state index contributed by atoms with van der Waals surface area (Å²) in [6, 6.07) is 17.6. The molecule has 1 amide bonds. The highest BCUT2D eigenvalue weighted by molar-refractivity contribution is 7.99. The molecule has 2 heterocycles. The topological polar surface area (TPSA) is 81.3 Å². The van der Waals surface area contributed by atoms with Crippen LogP contribution in [0.1, 0.15) is 38.2 Å². The summed E-state index contributed by atoms with van der Waals surface area (Å²) in [6.45, 7) is 2.61. The number of carbonyl (C=O) groups excluding carboxylic acids is 1. The Bertz CT molecular complexity index is 1350. The Morgan fingerprint density at radius 2 is 1.82 bits per heavy atom. The Hall–Kier alpha value is -3.13. The molecule has 0 aliphatic heterocycles. The molecule has 33 heavy (non-hydrogen) atoms. The van der Waals surface area contributed by atoms with Crippen LogP contribution < -0.4 is 10.9 Å². The number of fused-ring (bicyclic) bond motifs is 3. The minimum Gasteiger partial charge on any atom is -0.352 e. The molecule has 8 heteroatoms. The third-order valence-electron chi connectivity index (χ3n) is 6.45. The van der Waals surface area contributed by atoms with Crippen molar-refractivity contribution in [3.05, 3.63) is 70.5 Å². The summed E-state index contributed by atoms with van der Waals surface area (Å²) >= 11 is 1.35. The lowest BCUT2D eigenvalue weighted by Crippen LogP contribution is -2.41. The van der Waals surface area contributed by atoms with Crippen molar-refractivity contribution in [1.29, 1.82) is 0 Å². The average molecular weight is 462 g/mol. The monoisotopic (exact) mass is 461 g/mol. The van der Waals surface area contributed by atoms with Crippen molar-refractivity contribution in [2.24, 2.45) is 5.92 Å². The molecule has 0 bridgehead atoms. The van der Waals surface area contributed by atoms with Crippen molar-refractivity contribution in [1.82, 2.24) is 24.5 Å². The minimum absolute atomic E-state index is 0.0115. The van der Waals surface area contributed by atoms with Crippen molar-refractivity contribution >= 4 is 34.3 Å². The van der Waals surface area contributed by atoms with E-state index >= 15 is 0 Å². The lowest BCUT2D eigenvalue weighted by molar-refractivity contribution is -0.119. The second kappa shape index (κ2) is 9.39. The zero-order valence-corrected chi connectivity index (χ0v) is 19.4. The molecule has 1 N–H and O–H groups in total. The highest BCUT2D eigenvalue weighted by Crippen LogP contribution is 2.25. The van der Waals surface area contributed by atoms with Gasteiger partial charge in [0, 0.05) is 6.04 Å². The molecule has 7 nitrogen and oxygen atoms in total. The zero-order chi connectivity index (χ0) is 22.8. The van der Waals surface area contributed by atoms with Crippen LogP contribution in [-0.4, -0.2) is 36.9 Å². The molecule has 2 aromatic carbocycles. The van der Waals surface area contributed by atoms with Gasteiger partial charge in [-0.1, -0.05) is 74.0 Å². The molecule has 2 atom stereocenters. The first-order valence-corrected chi connectivity index (χ1v) is 12.4. The van der Waals surface area contributed by atoms with Crippen molar-refractivity contribution < 1.29 is 4.79 Å². The van der Waals surface area contributed by atoms with Gasteiger partial charge in [-0.05, 0) is 36.5 Å². The minimum atomic E-state index is -0.102. The largest absolute Gasteiger partial charge is 0.352 e. The Morgan fingerprint density at radius 1 is 1.06 bits per heavy atom. The second-order valence-corrected chi connectivity index (χ2v) is 9.68. The number of aromatic nitrogens is 4. The van der Waals surface area contributed by atoms with Crippen LogP contribution in [-0.2, 0) is 11.3 Å². The van der Waals surface area contributed by atoms with E-state index in [0.717, 1.165) is 23.9 Å². The molecule has 4 aromatic rings. The molecule has 1 fully saturated rings. The maximum absolute atomic E-state index is 13.3. The standard InChI is InChI=1S/C25H27N5O2S/c1-17-9-5-7-13-20(17)26-22(31)16-33-25-28-27-24-29(15-18-10-3-2-4-11-18)23(32)19-12-6-8-14-21(19)30(24)25/h2-4,6,8,10-12,14,17,20H,5,7,9,13,15-16H2,1H3,(H,26,31). The van der Waals surface area contributed by atoms with E-state index in [0.29, 0.717) is 28.8 Å². The van der Waals surface area contributed by atoms with E-state index in [2.05, 4.69) is 22.4 Å². The first-order valence-electron chi connectivity index (χ1n) is 11.4. The smallest absolute Gasteiger partial charge is 0.263 e. The van der Waals surface area contributed by atoms with E-state index in [1.165, 1.54) is 24.6 Å². The summed E-state index contributed by atoms with van der Waals surface area (Å²) in [4.78, 5) is 26.0. The Morgan fingerprint density at radius 3 is 2.64 bits per heavy atom. The number of nitrogens with one attached hydrogen (secondary N) is 1. The van der Waals surface area contributed by atoms with E-state index in [1.54, 1.807) is 4.57 Å². The number of benzene rings is 2. The highest BCUT2D eigenvalue weighted by Gasteiger charge is 2.23. The van der Waals surface area contributed by atoms with Gasteiger partial charge in [-0.15, -0.1) is 10.2 Å². The van der Waals surface area contributed by atoms with E-state index in [-0.39, 0.29) is 23.3 Å². The van der Waals surface area contributed by atoms with Crippen LogP contribution >= 0.6 is 11.8 Å². The van der Waals surface area contributed by atoms with Crippen molar-refractivity contribution in [2.45, 2.75) is 50.4 Å². The summed E-state index contributed by atoms with van der Waals surface area (Å²) < 4.78 is 3.54. The molecule has 5 rings (SSSR count). The maximum atomic E-state index is 13.3. The van der Waals surface area contributed by atoms with Gasteiger partial charge in [-0.2, -0.15) is 0 Å². The van der Waals surface area contributed by atoms with Crippen molar-refractivity contribution in [3.8, 4) is 0 Å². The number of rotatable bonds is 6. The van der Waals surface area contributed by atoms with Crippen LogP contribution in [0.4, 0.5) is 0 Å². The van der Waals surface area contributed by atoms with Crippen LogP contribution in [0, 0.1) is 5.92 Å². The number of hydrogen-bond acceptors (Lipinski definition) is 5. The van der Waals surface area contributed by atoms with Gasteiger partial charge in [0.05, 0.1) is 23.2 Å². The van der Waals surface area contributed by atoms with Gasteiger partial charge in [0.15, 0.2) is 5.16 Å². The fourth-order valence-electron chi connectivity index (χ4n) is 4.64. The molecule has 0 spiro atoms. The van der Waals surface area contributed by atoms with Gasteiger partial charge in [0.25, 0.3) is 5.56 Å². The predicted octanol–water partition coefficient (Wildman–Crippen LogP) is 3.88. The number of para-hydroxylation sites is 1. The number of hydrogen-bond donors (Lipinski definition) is 1. The van der Waals surface area contributed by atoms with Crippen LogP contribution in [0.2, 0.25) is 0 Å². The first kappa shape index (κ1) is 21.7. The summed E-state index contributed by atoms with van der Waals surface area (Å²) in [5.41, 5.74) is 1.65. The first-order chi connectivity index (χ1) is 16.1. The fourth-order valence-corrected chi connectivity index (χ4v) is 5.40. The third kappa shape index (κ3) is 4.39. The third-order valence-corrected chi connectivity index (χ3v) is 7.38. The van der Waals surface area contributed by atoms with E-state index < -0.39 is 0 Å². The van der Waals surface area contributed by atoms with Gasteiger partial charge in [-0.25, -0.2) is 0 Å². The van der Waals surface area contributed by atoms with Gasteiger partial charge in [0.1, 0.15) is 0 Å². The highest BCUT2D eigenvalue weighted by atomic mass is 32.2. The number of nitrogens with zero attached hydrogens (tertiary/aromatic N) is 4. The van der Waals surface area contributed by atoms with Crippen LogP contribution in [0.25, 0.3) is 16.7 Å². The molecular weight excluding hydrogens is 434 g/mol. The second-order valence-electron chi connectivity index (χ2n) is 8.74. The molecule has 0 radical (unpaired) electrons. The maximum Gasteiger partial charge on any atom is 0.263 e. The summed E-state index contributed by atoms with van der Waals surface area (Å²) in [7, 11) is 0. The quantitative estimate of drug-likeness (QED) is 0.441. The lowest BCUT2D eigenvalue weighted by Gasteiger charge is -2.29. The Labute approximate surface area is 196 Å². The molecule has 1 aliphatic rings. The van der Waals surface area contributed by atoms with E-state index in [4.69, 9.17) is 0 Å². The molecule has 170 valence electrons. The van der Waals surface area contributed by atoms with Crippen molar-refractivity contribution in [3.63, 3.8) is 0 Å². The van der Waals surface area contributed by atoms with Crippen LogP contribution in [0.15, 0.2) is 64.5 Å². The van der Waals surface area contributed by atoms with Gasteiger partial charge < -0.3 is 5.32 Å². The molecule has 1 saturated carbocycles. The summed E-state index contributed by atoms with van der Waals surface area (Å²) in [6.07, 6.45) is 4.62. The number of amides is 1. The average Bonchev–Trinajstić information content (AvgIpc) is 3.27. The van der Waals surface area contributed by atoms with E-state index in [9.17, 15) is 9.59 Å². The SMILES string of the molecule is CC1CCCCC1NC(=O)CSc1nnc2n(Cc3ccccc3)c(=O)c3ccccc3n12. The molecule has 1 aliphatic carbocycles. The molecular formula is C25H27N5O2S. The molecule has 0 saturated heterocycles. The Kier molecular flexibility index (Phi) is 6.17. The summed E-state index contributed by atoms with van der Waals surface area (Å²) in [5, 5.41) is 13.1. The number of thioether (sulfide) groups is 1. The van der Waals surface area contributed by atoms with Crippen molar-refractivity contribution in [2.75, 3.05) is 5.75 Å². The predicted molar refractivity (Wildman–Crippen MR) is 131 cm³/mol. The van der Waals surface area contributed by atoms with Gasteiger partial charge >= 0.3 is 0 Å². The molecule has 2 unspecified atom stereocenters. The van der Waals surface area contributed by atoms with Crippen LogP contribution in [0.5, 0.6) is 0 Å². The molecule has 2 aromatic heterocycles. The lowest BCUT2D eigenvalue weighted by atomic mass is 9.86. The Balaban J connectivity index is 1.46. The van der Waals surface area contributed by atoms with Crippen LogP contribution in [0.3, 0.4) is 0 Å². The normalized spacial score (nSPS) is 18.6. The van der Waals surface area contributed by atoms with Gasteiger partial charge in [0.2, 0.25) is 11.7 Å². The fraction of sp³-hybridized carbons (Fsp3) is 0.360. The van der Waals surface area contributed by atoms with E-state index in [1.807, 2.05) is 59.0 Å². The summed E-state index contributed by atoms with van der Waals surface area (Å²) in [5.74, 6) is 1.26. The zero-order valence-electron chi connectivity index (χ0n) is 18.6. The van der Waals surface area contributed by atoms with Gasteiger partial charge in [-0.3, -0.25) is 18.6 Å².